The van der Waals surface area contributed by atoms with E-state index in [1.54, 1.807) is 26.1 Å². The Balaban J connectivity index is 2.42. The van der Waals surface area contributed by atoms with Gasteiger partial charge in [-0.25, -0.2) is 8.42 Å². The molecule has 144 valence electrons. The largest absolute Gasteiger partial charge is 0.493 e. The third-order valence-electron chi connectivity index (χ3n) is 3.90. The van der Waals surface area contributed by atoms with E-state index in [1.165, 1.54) is 37.4 Å². The van der Waals surface area contributed by atoms with Crippen LogP contribution in [0.1, 0.15) is 11.3 Å². The van der Waals surface area contributed by atoms with E-state index >= 15 is 0 Å². The summed E-state index contributed by atoms with van der Waals surface area (Å²) in [6, 6.07) is 3.40. The second kappa shape index (κ2) is 7.73. The predicted molar refractivity (Wildman–Crippen MR) is 97.7 cm³/mol. The molecule has 1 aromatic carbocycles. The zero-order valence-electron chi connectivity index (χ0n) is 15.5. The minimum Gasteiger partial charge on any atom is -0.493 e. The smallest absolute Gasteiger partial charge is 0.248 e. The molecule has 0 unspecified atom stereocenters. The minimum atomic E-state index is -3.83. The second-order valence-corrected chi connectivity index (χ2v) is 7.96. The molecule has 8 nitrogen and oxygen atoms in total. The summed E-state index contributed by atoms with van der Waals surface area (Å²) in [5, 5.41) is 4.13. The van der Waals surface area contributed by atoms with E-state index in [-0.39, 0.29) is 16.6 Å². The number of methoxy groups -OCH3 is 3. The number of hydrogen-bond donors (Lipinski definition) is 0. The van der Waals surface area contributed by atoms with Gasteiger partial charge in [-0.2, -0.15) is 9.40 Å². The summed E-state index contributed by atoms with van der Waals surface area (Å²) in [6.07, 6.45) is 0. The Bertz CT molecular complexity index is 886. The molecule has 0 aliphatic heterocycles. The summed E-state index contributed by atoms with van der Waals surface area (Å²) in [4.78, 5) is -0.00314. The molecule has 0 N–H and O–H groups in total. The number of hydrogen-bond acceptors (Lipinski definition) is 6. The maximum absolute atomic E-state index is 12.9. The van der Waals surface area contributed by atoms with E-state index in [9.17, 15) is 8.42 Å². The predicted octanol–water partition coefficient (Wildman–Crippen LogP) is 2.23. The number of halogens is 1. The Kier molecular flexibility index (Phi) is 6.05. The van der Waals surface area contributed by atoms with Gasteiger partial charge in [-0.1, -0.05) is 11.6 Å². The van der Waals surface area contributed by atoms with Gasteiger partial charge >= 0.3 is 0 Å². The molecule has 2 aromatic rings. The lowest BCUT2D eigenvalue weighted by atomic mass is 10.2. The monoisotopic (exact) mass is 403 g/mol. The van der Waals surface area contributed by atoms with Crippen LogP contribution >= 0.6 is 11.6 Å². The van der Waals surface area contributed by atoms with Gasteiger partial charge in [-0.15, -0.1) is 0 Å². The topological polar surface area (TPSA) is 82.9 Å². The lowest BCUT2D eigenvalue weighted by molar-refractivity contribution is 0.323. The summed E-state index contributed by atoms with van der Waals surface area (Å²) in [5.74, 6) is 1.34. The fraction of sp³-hybridized carbons (Fsp3) is 0.438. The van der Waals surface area contributed by atoms with Crippen molar-refractivity contribution in [3.05, 3.63) is 28.5 Å². The van der Waals surface area contributed by atoms with Gasteiger partial charge in [0.2, 0.25) is 15.8 Å². The van der Waals surface area contributed by atoms with E-state index in [2.05, 4.69) is 5.10 Å². The number of rotatable bonds is 7. The fourth-order valence-corrected chi connectivity index (χ4v) is 4.49. The molecular formula is C16H22ClN3O5S. The highest BCUT2D eigenvalue weighted by molar-refractivity contribution is 7.89. The number of nitrogens with zero attached hydrogens (tertiary/aromatic N) is 3. The van der Waals surface area contributed by atoms with Crippen LogP contribution in [0.4, 0.5) is 0 Å². The Morgan fingerprint density at radius 1 is 1.15 bits per heavy atom. The van der Waals surface area contributed by atoms with Crippen LogP contribution in [0.15, 0.2) is 17.0 Å². The molecular weight excluding hydrogens is 382 g/mol. The first-order chi connectivity index (χ1) is 12.2. The average molecular weight is 404 g/mol. The van der Waals surface area contributed by atoms with E-state index in [4.69, 9.17) is 25.8 Å². The molecule has 0 saturated heterocycles. The quantitative estimate of drug-likeness (QED) is 0.705. The first kappa shape index (κ1) is 20.3. The standard InChI is InChI=1S/C16H22ClN3O5S/c1-10-15(16(17)20(3)18-10)26(21,22)19(2)9-11-7-12(23-4)14(25-6)13(8-11)24-5/h7-8H,9H2,1-6H3. The van der Waals surface area contributed by atoms with Gasteiger partial charge in [0.15, 0.2) is 11.5 Å². The van der Waals surface area contributed by atoms with Gasteiger partial charge in [0, 0.05) is 20.6 Å². The van der Waals surface area contributed by atoms with Crippen LogP contribution in [0, 0.1) is 6.92 Å². The minimum absolute atomic E-state index is 0.00314. The van der Waals surface area contributed by atoms with E-state index in [0.29, 0.717) is 28.5 Å². The molecule has 0 amide bonds. The van der Waals surface area contributed by atoms with Gasteiger partial charge in [0.05, 0.1) is 27.0 Å². The van der Waals surface area contributed by atoms with Crippen molar-refractivity contribution in [3.63, 3.8) is 0 Å². The van der Waals surface area contributed by atoms with Crippen molar-refractivity contribution in [2.75, 3.05) is 28.4 Å². The van der Waals surface area contributed by atoms with E-state index < -0.39 is 10.0 Å². The van der Waals surface area contributed by atoms with Crippen molar-refractivity contribution < 1.29 is 22.6 Å². The highest BCUT2D eigenvalue weighted by atomic mass is 35.5. The second-order valence-electron chi connectivity index (χ2n) is 5.62. The van der Waals surface area contributed by atoms with E-state index in [1.807, 2.05) is 0 Å². The van der Waals surface area contributed by atoms with Crippen molar-refractivity contribution >= 4 is 21.6 Å². The molecule has 0 saturated carbocycles. The summed E-state index contributed by atoms with van der Waals surface area (Å²) < 4.78 is 44.3. The van der Waals surface area contributed by atoms with Crippen molar-refractivity contribution in [3.8, 4) is 17.2 Å². The van der Waals surface area contributed by atoms with Gasteiger partial charge in [-0.3, -0.25) is 4.68 Å². The number of benzene rings is 1. The molecule has 0 fully saturated rings. The zero-order valence-corrected chi connectivity index (χ0v) is 17.1. The normalized spacial score (nSPS) is 11.7. The molecule has 0 atom stereocenters. The van der Waals surface area contributed by atoms with Gasteiger partial charge in [0.25, 0.3) is 0 Å². The lowest BCUT2D eigenvalue weighted by Crippen LogP contribution is -2.27. The summed E-state index contributed by atoms with van der Waals surface area (Å²) >= 11 is 6.12. The maximum atomic E-state index is 12.9. The van der Waals surface area contributed by atoms with Crippen molar-refractivity contribution in [2.45, 2.75) is 18.4 Å². The van der Waals surface area contributed by atoms with Crippen LogP contribution in [0.25, 0.3) is 0 Å². The van der Waals surface area contributed by atoms with Crippen LogP contribution in [0.3, 0.4) is 0 Å². The molecule has 0 aliphatic carbocycles. The van der Waals surface area contributed by atoms with Crippen LogP contribution in [0.2, 0.25) is 5.15 Å². The Hall–Kier alpha value is -1.97. The van der Waals surface area contributed by atoms with Gasteiger partial charge < -0.3 is 14.2 Å². The molecule has 10 heteroatoms. The molecule has 0 bridgehead atoms. The van der Waals surface area contributed by atoms with Crippen molar-refractivity contribution in [1.29, 1.82) is 0 Å². The highest BCUT2D eigenvalue weighted by Gasteiger charge is 2.29. The third-order valence-corrected chi connectivity index (χ3v) is 6.40. The number of aryl methyl sites for hydroxylation is 2. The first-order valence-electron chi connectivity index (χ1n) is 7.61. The van der Waals surface area contributed by atoms with Crippen molar-refractivity contribution in [1.82, 2.24) is 14.1 Å². The summed E-state index contributed by atoms with van der Waals surface area (Å²) in [6.45, 7) is 1.69. The number of sulfonamides is 1. The van der Waals surface area contributed by atoms with E-state index in [0.717, 1.165) is 0 Å². The molecule has 26 heavy (non-hydrogen) atoms. The highest BCUT2D eigenvalue weighted by Crippen LogP contribution is 2.38. The molecule has 2 rings (SSSR count). The number of ether oxygens (including phenoxy) is 3. The van der Waals surface area contributed by atoms with Crippen molar-refractivity contribution in [2.24, 2.45) is 7.05 Å². The maximum Gasteiger partial charge on any atom is 0.248 e. The Morgan fingerprint density at radius 3 is 2.08 bits per heavy atom. The third kappa shape index (κ3) is 3.60. The molecule has 1 aromatic heterocycles. The Labute approximate surface area is 158 Å². The van der Waals surface area contributed by atoms with Gasteiger partial charge in [-0.05, 0) is 24.6 Å². The molecule has 0 radical (unpaired) electrons. The number of aromatic nitrogens is 2. The fourth-order valence-electron chi connectivity index (χ4n) is 2.63. The SMILES string of the molecule is COc1cc(CN(C)S(=O)(=O)c2c(C)nn(C)c2Cl)cc(OC)c1OC. The zero-order chi connectivity index (χ0) is 19.6. The van der Waals surface area contributed by atoms with Crippen LogP contribution in [0.5, 0.6) is 17.2 Å². The molecule has 1 heterocycles. The van der Waals surface area contributed by atoms with Crippen LogP contribution in [-0.4, -0.2) is 50.9 Å². The summed E-state index contributed by atoms with van der Waals surface area (Å²) in [5.41, 5.74) is 1.01. The Morgan fingerprint density at radius 2 is 1.69 bits per heavy atom. The molecule has 0 aliphatic rings. The molecule has 0 spiro atoms. The lowest BCUT2D eigenvalue weighted by Gasteiger charge is -2.19. The average Bonchev–Trinajstić information content (AvgIpc) is 2.86. The van der Waals surface area contributed by atoms with Crippen LogP contribution in [-0.2, 0) is 23.6 Å². The summed E-state index contributed by atoms with van der Waals surface area (Å²) in [7, 11) is 3.74. The van der Waals surface area contributed by atoms with Gasteiger partial charge in [0.1, 0.15) is 10.0 Å². The first-order valence-corrected chi connectivity index (χ1v) is 9.43. The van der Waals surface area contributed by atoms with Crippen LogP contribution < -0.4 is 14.2 Å².